The van der Waals surface area contributed by atoms with Gasteiger partial charge in [-0.15, -0.1) is 0 Å². The first kappa shape index (κ1) is 13.9. The zero-order chi connectivity index (χ0) is 13.1. The van der Waals surface area contributed by atoms with Crippen molar-refractivity contribution < 1.29 is 16.8 Å². The van der Waals surface area contributed by atoms with Gasteiger partial charge in [-0.3, -0.25) is 0 Å². The molecule has 7 nitrogen and oxygen atoms in total. The molecule has 0 fully saturated rings. The number of sulfonamides is 2. The summed E-state index contributed by atoms with van der Waals surface area (Å²) in [4.78, 5) is 0.0149. The highest BCUT2D eigenvalue weighted by atomic mass is 32.2. The molecule has 0 aliphatic heterocycles. The van der Waals surface area contributed by atoms with E-state index in [0.29, 0.717) is 5.69 Å². The quantitative estimate of drug-likeness (QED) is 0.584. The van der Waals surface area contributed by atoms with Gasteiger partial charge in [0, 0.05) is 12.2 Å². The highest BCUT2D eigenvalue weighted by Gasteiger charge is 2.14. The van der Waals surface area contributed by atoms with Crippen molar-refractivity contribution in [1.82, 2.24) is 4.72 Å². The third kappa shape index (κ3) is 4.69. The van der Waals surface area contributed by atoms with E-state index in [2.05, 4.69) is 4.72 Å². The zero-order valence-electron chi connectivity index (χ0n) is 8.83. The fourth-order valence-electron chi connectivity index (χ4n) is 1.05. The first-order chi connectivity index (χ1) is 7.71. The molecule has 0 spiro atoms. The van der Waals surface area contributed by atoms with Crippen molar-refractivity contribution in [3.8, 4) is 0 Å². The van der Waals surface area contributed by atoms with E-state index < -0.39 is 25.8 Å². The number of benzene rings is 1. The van der Waals surface area contributed by atoms with Gasteiger partial charge in [0.25, 0.3) is 0 Å². The molecule has 17 heavy (non-hydrogen) atoms. The summed E-state index contributed by atoms with van der Waals surface area (Å²) >= 11 is 0. The lowest BCUT2D eigenvalue weighted by Crippen LogP contribution is -2.31. The maximum atomic E-state index is 11.6. The topological polar surface area (TPSA) is 132 Å². The van der Waals surface area contributed by atoms with Crippen molar-refractivity contribution in [2.75, 3.05) is 18.0 Å². The molecule has 1 aromatic rings. The third-order valence-electron chi connectivity index (χ3n) is 1.87. The lowest BCUT2D eigenvalue weighted by molar-refractivity contribution is 0.581. The minimum Gasteiger partial charge on any atom is -0.399 e. The molecule has 1 rings (SSSR count). The molecule has 0 unspecified atom stereocenters. The van der Waals surface area contributed by atoms with Crippen LogP contribution in [-0.2, 0) is 20.0 Å². The predicted molar refractivity (Wildman–Crippen MR) is 64.0 cm³/mol. The van der Waals surface area contributed by atoms with E-state index in [1.165, 1.54) is 24.3 Å². The van der Waals surface area contributed by atoms with Gasteiger partial charge in [0.2, 0.25) is 20.0 Å². The van der Waals surface area contributed by atoms with Crippen LogP contribution >= 0.6 is 0 Å². The van der Waals surface area contributed by atoms with Crippen molar-refractivity contribution in [2.24, 2.45) is 5.14 Å². The van der Waals surface area contributed by atoms with Gasteiger partial charge >= 0.3 is 0 Å². The Hall–Kier alpha value is -1.16. The Morgan fingerprint density at radius 1 is 1.06 bits per heavy atom. The summed E-state index contributed by atoms with van der Waals surface area (Å²) in [6.07, 6.45) is 0. The number of nitrogens with one attached hydrogen (secondary N) is 1. The van der Waals surface area contributed by atoms with Crippen LogP contribution in [0.3, 0.4) is 0 Å². The van der Waals surface area contributed by atoms with Crippen molar-refractivity contribution in [3.63, 3.8) is 0 Å². The molecule has 0 bridgehead atoms. The van der Waals surface area contributed by atoms with E-state index in [0.717, 1.165) is 0 Å². The lowest BCUT2D eigenvalue weighted by atomic mass is 10.3. The lowest BCUT2D eigenvalue weighted by Gasteiger charge is -2.06. The first-order valence-electron chi connectivity index (χ1n) is 4.56. The average Bonchev–Trinajstić information content (AvgIpc) is 2.15. The number of nitrogen functional groups attached to an aromatic ring is 1. The highest BCUT2D eigenvalue weighted by Crippen LogP contribution is 2.10. The molecule has 0 aliphatic rings. The molecule has 0 aromatic heterocycles. The van der Waals surface area contributed by atoms with Gasteiger partial charge < -0.3 is 5.73 Å². The number of anilines is 1. The van der Waals surface area contributed by atoms with Crippen LogP contribution in [0.25, 0.3) is 0 Å². The smallest absolute Gasteiger partial charge is 0.240 e. The Bertz CT molecular complexity index is 578. The predicted octanol–water partition coefficient (Wildman–Crippen LogP) is -1.16. The largest absolute Gasteiger partial charge is 0.399 e. The molecular weight excluding hydrogens is 266 g/mol. The van der Waals surface area contributed by atoms with E-state index >= 15 is 0 Å². The van der Waals surface area contributed by atoms with Gasteiger partial charge in [0.05, 0.1) is 10.6 Å². The molecule has 5 N–H and O–H groups in total. The van der Waals surface area contributed by atoms with Gasteiger partial charge in [-0.2, -0.15) is 0 Å². The Labute approximate surface area is 99.9 Å². The zero-order valence-corrected chi connectivity index (χ0v) is 10.5. The molecule has 0 aliphatic carbocycles. The maximum Gasteiger partial charge on any atom is 0.240 e. The van der Waals surface area contributed by atoms with Crippen LogP contribution in [-0.4, -0.2) is 29.1 Å². The van der Waals surface area contributed by atoms with E-state index in [9.17, 15) is 16.8 Å². The van der Waals surface area contributed by atoms with Crippen LogP contribution in [0.4, 0.5) is 5.69 Å². The number of nitrogens with two attached hydrogens (primary N) is 2. The summed E-state index contributed by atoms with van der Waals surface area (Å²) in [6, 6.07) is 5.53. The first-order valence-corrected chi connectivity index (χ1v) is 7.76. The fourth-order valence-corrected chi connectivity index (χ4v) is 2.60. The van der Waals surface area contributed by atoms with Crippen LogP contribution < -0.4 is 15.6 Å². The standard InChI is InChI=1S/C8H13N3O4S2/c9-7-1-3-8(4-2-7)17(14,15)11-5-6-16(10,12)13/h1-4,11H,5-6,9H2,(H2,10,12,13). The third-order valence-corrected chi connectivity index (χ3v) is 4.12. The van der Waals surface area contributed by atoms with E-state index in [-0.39, 0.29) is 11.4 Å². The van der Waals surface area contributed by atoms with E-state index in [1.54, 1.807) is 0 Å². The van der Waals surface area contributed by atoms with Crippen LogP contribution in [0.2, 0.25) is 0 Å². The molecule has 0 saturated heterocycles. The summed E-state index contributed by atoms with van der Waals surface area (Å²) < 4.78 is 46.7. The number of hydrogen-bond donors (Lipinski definition) is 3. The van der Waals surface area contributed by atoms with Gasteiger partial charge in [0.15, 0.2) is 0 Å². The molecule has 0 amide bonds. The summed E-state index contributed by atoms with van der Waals surface area (Å²) in [6.45, 7) is -0.272. The van der Waals surface area contributed by atoms with Gasteiger partial charge in [0.1, 0.15) is 0 Å². The molecule has 96 valence electrons. The van der Waals surface area contributed by atoms with Crippen LogP contribution in [0.5, 0.6) is 0 Å². The van der Waals surface area contributed by atoms with Crippen molar-refractivity contribution >= 4 is 25.7 Å². The molecule has 1 aromatic carbocycles. The van der Waals surface area contributed by atoms with Crippen LogP contribution in [0.15, 0.2) is 29.2 Å². The molecular formula is C8H13N3O4S2. The van der Waals surface area contributed by atoms with E-state index in [1.807, 2.05) is 0 Å². The number of hydrogen-bond acceptors (Lipinski definition) is 5. The Morgan fingerprint density at radius 3 is 2.06 bits per heavy atom. The molecule has 0 atom stereocenters. The monoisotopic (exact) mass is 279 g/mol. The summed E-state index contributed by atoms with van der Waals surface area (Å²) in [5.74, 6) is -0.457. The molecule has 9 heteroatoms. The minimum atomic E-state index is -3.73. The molecule has 0 saturated carbocycles. The Balaban J connectivity index is 2.73. The maximum absolute atomic E-state index is 11.6. The van der Waals surface area contributed by atoms with Gasteiger partial charge in [-0.1, -0.05) is 0 Å². The summed E-state index contributed by atoms with van der Waals surface area (Å²) in [7, 11) is -7.41. The summed E-state index contributed by atoms with van der Waals surface area (Å²) in [5, 5.41) is 4.74. The van der Waals surface area contributed by atoms with Crippen LogP contribution in [0.1, 0.15) is 0 Å². The minimum absolute atomic E-state index is 0.0149. The second kappa shape index (κ2) is 5.00. The van der Waals surface area contributed by atoms with Crippen molar-refractivity contribution in [2.45, 2.75) is 4.90 Å². The SMILES string of the molecule is Nc1ccc(S(=O)(=O)NCCS(N)(=O)=O)cc1. The molecule has 0 heterocycles. The van der Waals surface area contributed by atoms with Crippen LogP contribution in [0, 0.1) is 0 Å². The van der Waals surface area contributed by atoms with E-state index in [4.69, 9.17) is 10.9 Å². The normalized spacial score (nSPS) is 12.5. The Kier molecular flexibility index (Phi) is 4.09. The number of rotatable bonds is 5. The van der Waals surface area contributed by atoms with Gasteiger partial charge in [-0.05, 0) is 24.3 Å². The van der Waals surface area contributed by atoms with Crippen molar-refractivity contribution in [1.29, 1.82) is 0 Å². The second-order valence-electron chi connectivity index (χ2n) is 3.33. The second-order valence-corrected chi connectivity index (χ2v) is 6.83. The number of primary sulfonamides is 1. The Morgan fingerprint density at radius 2 is 1.59 bits per heavy atom. The highest BCUT2D eigenvalue weighted by molar-refractivity contribution is 7.90. The molecule has 0 radical (unpaired) electrons. The van der Waals surface area contributed by atoms with Gasteiger partial charge in [-0.25, -0.2) is 26.7 Å². The van der Waals surface area contributed by atoms with Crippen molar-refractivity contribution in [3.05, 3.63) is 24.3 Å². The fraction of sp³-hybridized carbons (Fsp3) is 0.250. The average molecular weight is 279 g/mol. The summed E-state index contributed by atoms with van der Waals surface area (Å²) in [5.41, 5.74) is 5.85.